The Morgan fingerprint density at radius 3 is 2.32 bits per heavy atom. The Bertz CT molecular complexity index is 1350. The molecule has 0 heterocycles. The van der Waals surface area contributed by atoms with E-state index in [1.165, 1.54) is 4.90 Å². The second kappa shape index (κ2) is 14.3. The summed E-state index contributed by atoms with van der Waals surface area (Å²) in [5.41, 5.74) is 2.78. The maximum atomic E-state index is 14.3. The lowest BCUT2D eigenvalue weighted by molar-refractivity contribution is -0.141. The van der Waals surface area contributed by atoms with Crippen molar-refractivity contribution in [2.45, 2.75) is 51.8 Å². The number of hydrogen-bond donors (Lipinski definition) is 3. The average Bonchev–Trinajstić information content (AvgIpc) is 2.93. The van der Waals surface area contributed by atoms with Gasteiger partial charge in [-0.3, -0.25) is 9.59 Å². The van der Waals surface area contributed by atoms with Crippen LogP contribution in [0.3, 0.4) is 0 Å². The predicted octanol–water partition coefficient (Wildman–Crippen LogP) is 5.27. The molecule has 3 N–H and O–H groups in total. The Balaban J connectivity index is 2.06. The van der Waals surface area contributed by atoms with Gasteiger partial charge in [0.25, 0.3) is 5.91 Å². The molecule has 0 bridgehead atoms. The van der Waals surface area contributed by atoms with Gasteiger partial charge in [-0.05, 0) is 62.1 Å². The number of amides is 3. The number of carbonyl (C=O) groups is 3. The molecule has 41 heavy (non-hydrogen) atoms. The second-order valence-electron chi connectivity index (χ2n) is 10.7. The molecule has 3 rings (SSSR count). The summed E-state index contributed by atoms with van der Waals surface area (Å²) in [6.45, 7) is 10.4. The first kappa shape index (κ1) is 31.1. The van der Waals surface area contributed by atoms with Crippen molar-refractivity contribution in [1.29, 1.82) is 0 Å². The summed E-state index contributed by atoms with van der Waals surface area (Å²) in [6, 6.07) is 21.5. The zero-order valence-electron chi connectivity index (χ0n) is 24.1. The molecular weight excluding hydrogens is 518 g/mol. The van der Waals surface area contributed by atoms with Crippen LogP contribution in [0.2, 0.25) is 0 Å². The molecule has 0 aliphatic rings. The summed E-state index contributed by atoms with van der Waals surface area (Å²) in [4.78, 5) is 42.4. The minimum Gasteiger partial charge on any atom is -0.444 e. The highest BCUT2D eigenvalue weighted by atomic mass is 16.6. The molecule has 0 spiro atoms. The number of para-hydroxylation sites is 1. The van der Waals surface area contributed by atoms with Gasteiger partial charge in [0.1, 0.15) is 17.7 Å². The number of ether oxygens (including phenoxy) is 1. The van der Waals surface area contributed by atoms with E-state index in [1.54, 1.807) is 51.1 Å². The highest BCUT2D eigenvalue weighted by Gasteiger charge is 2.36. The smallest absolute Gasteiger partial charge is 0.408 e. The van der Waals surface area contributed by atoms with Gasteiger partial charge in [0.15, 0.2) is 0 Å². The number of aryl methyl sites for hydroxylation is 1. The molecule has 0 radical (unpaired) electrons. The maximum absolute atomic E-state index is 14.3. The molecule has 216 valence electrons. The van der Waals surface area contributed by atoms with E-state index in [1.807, 2.05) is 61.5 Å². The predicted molar refractivity (Wildman–Crippen MR) is 161 cm³/mol. The van der Waals surface area contributed by atoms with E-state index in [9.17, 15) is 19.5 Å². The van der Waals surface area contributed by atoms with Crippen molar-refractivity contribution in [2.24, 2.45) is 0 Å². The molecule has 0 aliphatic heterocycles. The molecule has 0 aromatic heterocycles. The number of nitrogens with zero attached hydrogens (tertiary/aromatic N) is 1. The molecule has 3 aromatic rings. The van der Waals surface area contributed by atoms with E-state index in [2.05, 4.69) is 17.2 Å². The fourth-order valence-corrected chi connectivity index (χ4v) is 4.42. The topological polar surface area (TPSA) is 108 Å². The molecule has 0 aliphatic carbocycles. The lowest BCUT2D eigenvalue weighted by Gasteiger charge is -2.34. The van der Waals surface area contributed by atoms with Gasteiger partial charge in [-0.1, -0.05) is 79.4 Å². The first-order valence-electron chi connectivity index (χ1n) is 13.6. The first-order valence-corrected chi connectivity index (χ1v) is 13.6. The summed E-state index contributed by atoms with van der Waals surface area (Å²) in [7, 11) is 0. The number of aliphatic hydroxyl groups is 1. The number of carbonyl (C=O) groups excluding carboxylic acids is 3. The third-order valence-corrected chi connectivity index (χ3v) is 6.32. The van der Waals surface area contributed by atoms with Gasteiger partial charge in [-0.25, -0.2) is 4.79 Å². The fraction of sp³-hybridized carbons (Fsp3) is 0.303. The zero-order chi connectivity index (χ0) is 30.0. The first-order chi connectivity index (χ1) is 19.5. The van der Waals surface area contributed by atoms with Gasteiger partial charge in [0.05, 0.1) is 6.61 Å². The molecule has 2 unspecified atom stereocenters. The molecule has 8 nitrogen and oxygen atoms in total. The Labute approximate surface area is 242 Å². The zero-order valence-corrected chi connectivity index (χ0v) is 24.1. The van der Waals surface area contributed by atoms with E-state index >= 15 is 0 Å². The molecule has 2 atom stereocenters. The van der Waals surface area contributed by atoms with Crippen LogP contribution in [0.5, 0.6) is 0 Å². The summed E-state index contributed by atoms with van der Waals surface area (Å²) in [5.74, 6) is -0.999. The van der Waals surface area contributed by atoms with Gasteiger partial charge < -0.3 is 25.4 Å². The third kappa shape index (κ3) is 9.05. The number of benzene rings is 3. The third-order valence-electron chi connectivity index (χ3n) is 6.32. The molecule has 3 amide bonds. The molecular formula is C33H39N3O5. The van der Waals surface area contributed by atoms with Crippen molar-refractivity contribution in [2.75, 3.05) is 18.5 Å². The quantitative estimate of drug-likeness (QED) is 0.298. The molecule has 0 fully saturated rings. The number of nitrogens with one attached hydrogen (secondary N) is 2. The normalized spacial score (nSPS) is 12.5. The Morgan fingerprint density at radius 2 is 1.68 bits per heavy atom. The van der Waals surface area contributed by atoms with Crippen LogP contribution in [0, 0.1) is 6.92 Å². The monoisotopic (exact) mass is 557 g/mol. The van der Waals surface area contributed by atoms with Crippen LogP contribution in [0.15, 0.2) is 85.4 Å². The van der Waals surface area contributed by atoms with E-state index in [4.69, 9.17) is 4.74 Å². The van der Waals surface area contributed by atoms with Crippen LogP contribution < -0.4 is 10.6 Å². The fourth-order valence-electron chi connectivity index (χ4n) is 4.42. The summed E-state index contributed by atoms with van der Waals surface area (Å²) < 4.78 is 5.45. The number of rotatable bonds is 11. The Hall–Kier alpha value is -4.43. The summed E-state index contributed by atoms with van der Waals surface area (Å²) in [6.07, 6.45) is 1.05. The van der Waals surface area contributed by atoms with Crippen LogP contribution in [0.25, 0.3) is 6.08 Å². The molecule has 0 saturated carbocycles. The van der Waals surface area contributed by atoms with Crippen LogP contribution in [-0.2, 0) is 20.7 Å². The SMILES string of the molecule is C=Cc1cccc(C(C(=O)Nc2ccccc2C)N(CCO)C(=O)C(Cc2ccccc2)NC(=O)OC(C)(C)C)c1. The highest BCUT2D eigenvalue weighted by molar-refractivity contribution is 5.99. The number of aliphatic hydroxyl groups excluding tert-OH is 1. The van der Waals surface area contributed by atoms with Crippen molar-refractivity contribution < 1.29 is 24.2 Å². The second-order valence-corrected chi connectivity index (χ2v) is 10.7. The van der Waals surface area contributed by atoms with Gasteiger partial charge in [-0.2, -0.15) is 0 Å². The van der Waals surface area contributed by atoms with Crippen molar-refractivity contribution in [3.63, 3.8) is 0 Å². The van der Waals surface area contributed by atoms with Crippen LogP contribution >= 0.6 is 0 Å². The Morgan fingerprint density at radius 1 is 1.00 bits per heavy atom. The van der Waals surface area contributed by atoms with Crippen molar-refractivity contribution in [3.05, 3.63) is 108 Å². The number of hydrogen-bond acceptors (Lipinski definition) is 5. The van der Waals surface area contributed by atoms with Crippen LogP contribution in [-0.4, -0.2) is 52.7 Å². The van der Waals surface area contributed by atoms with Crippen molar-refractivity contribution in [3.8, 4) is 0 Å². The number of anilines is 1. The average molecular weight is 558 g/mol. The maximum Gasteiger partial charge on any atom is 0.408 e. The van der Waals surface area contributed by atoms with E-state index < -0.39 is 42.2 Å². The van der Waals surface area contributed by atoms with Crippen molar-refractivity contribution >= 4 is 29.7 Å². The minimum atomic E-state index is -1.12. The van der Waals surface area contributed by atoms with Crippen molar-refractivity contribution in [1.82, 2.24) is 10.2 Å². The lowest BCUT2D eigenvalue weighted by Crippen LogP contribution is -2.53. The van der Waals surface area contributed by atoms with Gasteiger partial charge in [-0.15, -0.1) is 0 Å². The highest BCUT2D eigenvalue weighted by Crippen LogP contribution is 2.27. The van der Waals surface area contributed by atoms with Gasteiger partial charge in [0, 0.05) is 18.7 Å². The van der Waals surface area contributed by atoms with Gasteiger partial charge >= 0.3 is 6.09 Å². The lowest BCUT2D eigenvalue weighted by atomic mass is 9.98. The largest absolute Gasteiger partial charge is 0.444 e. The molecule has 8 heteroatoms. The molecule has 3 aromatic carbocycles. The number of alkyl carbamates (subject to hydrolysis) is 1. The van der Waals surface area contributed by atoms with Crippen LogP contribution in [0.1, 0.15) is 49.1 Å². The summed E-state index contributed by atoms with van der Waals surface area (Å²) in [5, 5.41) is 15.7. The van der Waals surface area contributed by atoms with E-state index in [0.29, 0.717) is 11.3 Å². The Kier molecular flexibility index (Phi) is 10.8. The van der Waals surface area contributed by atoms with E-state index in [0.717, 1.165) is 16.7 Å². The van der Waals surface area contributed by atoms with Crippen LogP contribution in [0.4, 0.5) is 10.5 Å². The summed E-state index contributed by atoms with van der Waals surface area (Å²) >= 11 is 0. The van der Waals surface area contributed by atoms with Gasteiger partial charge in [0.2, 0.25) is 5.91 Å². The minimum absolute atomic E-state index is 0.149. The van der Waals surface area contributed by atoms with E-state index in [-0.39, 0.29) is 13.0 Å². The molecule has 0 saturated heterocycles. The standard InChI is InChI=1S/C33H39N3O5/c1-6-24-16-12-17-26(21-24)29(30(38)34-27-18-11-10-13-23(27)2)36(19-20-37)31(39)28(22-25-14-8-7-9-15-25)35-32(40)41-33(3,4)5/h6-18,21,28-29,37H,1,19-20,22H2,2-5H3,(H,34,38)(H,35,40).